The number of aliphatic hydroxyl groups is 1. The summed E-state index contributed by atoms with van der Waals surface area (Å²) in [5.74, 6) is 0.842. The van der Waals surface area contributed by atoms with E-state index >= 15 is 0 Å². The molecule has 2 rings (SSSR count). The summed E-state index contributed by atoms with van der Waals surface area (Å²) in [5.41, 5.74) is 3.27. The second kappa shape index (κ2) is 5.76. The maximum atomic E-state index is 10.4. The molecule has 0 saturated heterocycles. The van der Waals surface area contributed by atoms with Crippen molar-refractivity contribution in [1.29, 1.82) is 0 Å². The molecule has 1 heterocycles. The van der Waals surface area contributed by atoms with Crippen molar-refractivity contribution in [2.24, 2.45) is 0 Å². The van der Waals surface area contributed by atoms with Gasteiger partial charge in [-0.15, -0.1) is 11.3 Å². The number of hydrogen-bond donors (Lipinski definition) is 1. The predicted molar refractivity (Wildman–Crippen MR) is 80.2 cm³/mol. The van der Waals surface area contributed by atoms with Crippen LogP contribution >= 0.6 is 11.3 Å². The third kappa shape index (κ3) is 3.17. The smallest absolute Gasteiger partial charge is 0.122 e. The van der Waals surface area contributed by atoms with Crippen molar-refractivity contribution in [3.05, 3.63) is 50.7 Å². The van der Waals surface area contributed by atoms with E-state index in [1.807, 2.05) is 12.1 Å². The highest BCUT2D eigenvalue weighted by Crippen LogP contribution is 2.31. The minimum absolute atomic E-state index is 0.472. The van der Waals surface area contributed by atoms with Gasteiger partial charge < -0.3 is 9.84 Å². The van der Waals surface area contributed by atoms with Crippen LogP contribution in [0.1, 0.15) is 32.5 Å². The molecule has 3 heteroatoms. The Morgan fingerprint density at radius 3 is 2.53 bits per heavy atom. The van der Waals surface area contributed by atoms with E-state index in [9.17, 15) is 5.11 Å². The predicted octanol–water partition coefficient (Wildman–Crippen LogP) is 3.96. The van der Waals surface area contributed by atoms with Gasteiger partial charge in [0, 0.05) is 16.2 Å². The lowest BCUT2D eigenvalue weighted by Gasteiger charge is -2.14. The SMILES string of the molecule is COc1ccc(C)cc1CC(O)c1cc(C)sc1C. The van der Waals surface area contributed by atoms with Crippen LogP contribution in [-0.2, 0) is 6.42 Å². The molecule has 0 amide bonds. The third-order valence-electron chi connectivity index (χ3n) is 3.29. The molecule has 0 aliphatic heterocycles. The molecule has 0 bridgehead atoms. The van der Waals surface area contributed by atoms with E-state index in [2.05, 4.69) is 32.9 Å². The van der Waals surface area contributed by atoms with Gasteiger partial charge in [0.15, 0.2) is 0 Å². The Morgan fingerprint density at radius 1 is 1.21 bits per heavy atom. The summed E-state index contributed by atoms with van der Waals surface area (Å²) in [6.07, 6.45) is 0.114. The van der Waals surface area contributed by atoms with Crippen LogP contribution in [0.2, 0.25) is 0 Å². The Kier molecular flexibility index (Phi) is 4.27. The van der Waals surface area contributed by atoms with E-state index < -0.39 is 6.10 Å². The van der Waals surface area contributed by atoms with Gasteiger partial charge in [-0.2, -0.15) is 0 Å². The van der Waals surface area contributed by atoms with Crippen LogP contribution in [-0.4, -0.2) is 12.2 Å². The number of rotatable bonds is 4. The number of methoxy groups -OCH3 is 1. The molecule has 0 radical (unpaired) electrons. The van der Waals surface area contributed by atoms with Crippen molar-refractivity contribution in [2.75, 3.05) is 7.11 Å². The molecule has 1 unspecified atom stereocenters. The van der Waals surface area contributed by atoms with Gasteiger partial charge in [0.25, 0.3) is 0 Å². The maximum Gasteiger partial charge on any atom is 0.122 e. The summed E-state index contributed by atoms with van der Waals surface area (Å²) >= 11 is 1.73. The molecule has 0 aliphatic carbocycles. The minimum Gasteiger partial charge on any atom is -0.496 e. The number of ether oxygens (including phenoxy) is 1. The third-order valence-corrected chi connectivity index (χ3v) is 4.27. The van der Waals surface area contributed by atoms with E-state index in [0.717, 1.165) is 16.9 Å². The van der Waals surface area contributed by atoms with Gasteiger partial charge in [-0.1, -0.05) is 17.7 Å². The van der Waals surface area contributed by atoms with Crippen molar-refractivity contribution < 1.29 is 9.84 Å². The van der Waals surface area contributed by atoms with Crippen LogP contribution < -0.4 is 4.74 Å². The fourth-order valence-electron chi connectivity index (χ4n) is 2.37. The van der Waals surface area contributed by atoms with Gasteiger partial charge in [-0.3, -0.25) is 0 Å². The van der Waals surface area contributed by atoms with Crippen LogP contribution in [0.25, 0.3) is 0 Å². The summed E-state index contributed by atoms with van der Waals surface area (Å²) in [7, 11) is 1.67. The molecule has 1 aromatic carbocycles. The molecule has 1 atom stereocenters. The molecular weight excluding hydrogens is 256 g/mol. The molecule has 0 saturated carbocycles. The number of aliphatic hydroxyl groups excluding tert-OH is 1. The zero-order chi connectivity index (χ0) is 14.0. The van der Waals surface area contributed by atoms with Crippen LogP contribution in [0.3, 0.4) is 0 Å². The Hall–Kier alpha value is -1.32. The van der Waals surface area contributed by atoms with Crippen molar-refractivity contribution in [3.63, 3.8) is 0 Å². The van der Waals surface area contributed by atoms with Gasteiger partial charge >= 0.3 is 0 Å². The van der Waals surface area contributed by atoms with E-state index in [1.165, 1.54) is 15.3 Å². The van der Waals surface area contributed by atoms with Gasteiger partial charge in [-0.25, -0.2) is 0 Å². The normalized spacial score (nSPS) is 12.5. The molecular formula is C16H20O2S. The van der Waals surface area contributed by atoms with Gasteiger partial charge in [-0.05, 0) is 44.0 Å². The summed E-state index contributed by atoms with van der Waals surface area (Å²) in [5, 5.41) is 10.4. The molecule has 2 nitrogen and oxygen atoms in total. The monoisotopic (exact) mass is 276 g/mol. The fraction of sp³-hybridized carbons (Fsp3) is 0.375. The molecule has 1 aromatic heterocycles. The first-order chi connectivity index (χ1) is 9.01. The van der Waals surface area contributed by atoms with Gasteiger partial charge in [0.05, 0.1) is 13.2 Å². The average molecular weight is 276 g/mol. The summed E-state index contributed by atoms with van der Waals surface area (Å²) in [4.78, 5) is 2.43. The highest BCUT2D eigenvalue weighted by atomic mass is 32.1. The summed E-state index contributed by atoms with van der Waals surface area (Å²) < 4.78 is 5.36. The number of thiophene rings is 1. The van der Waals surface area contributed by atoms with Crippen molar-refractivity contribution in [3.8, 4) is 5.75 Å². The fourth-order valence-corrected chi connectivity index (χ4v) is 3.35. The Labute approximate surface area is 118 Å². The minimum atomic E-state index is -0.472. The quantitative estimate of drug-likeness (QED) is 0.916. The lowest BCUT2D eigenvalue weighted by atomic mass is 9.99. The van der Waals surface area contributed by atoms with E-state index in [4.69, 9.17) is 4.74 Å². The van der Waals surface area contributed by atoms with E-state index in [-0.39, 0.29) is 0 Å². The lowest BCUT2D eigenvalue weighted by Crippen LogP contribution is -2.04. The highest BCUT2D eigenvalue weighted by molar-refractivity contribution is 7.12. The first-order valence-corrected chi connectivity index (χ1v) is 7.21. The lowest BCUT2D eigenvalue weighted by molar-refractivity contribution is 0.177. The standard InChI is InChI=1S/C16H20O2S/c1-10-5-6-16(18-4)13(7-10)9-15(17)14-8-11(2)19-12(14)3/h5-8,15,17H,9H2,1-4H3. The second-order valence-electron chi connectivity index (χ2n) is 4.90. The van der Waals surface area contributed by atoms with Crippen LogP contribution in [0.5, 0.6) is 5.75 Å². The molecule has 0 aliphatic rings. The molecule has 0 fully saturated rings. The average Bonchev–Trinajstić information content (AvgIpc) is 2.69. The molecule has 0 spiro atoms. The van der Waals surface area contributed by atoms with Crippen LogP contribution in [0.4, 0.5) is 0 Å². The summed E-state index contributed by atoms with van der Waals surface area (Å²) in [6, 6.07) is 8.14. The van der Waals surface area contributed by atoms with Crippen LogP contribution in [0, 0.1) is 20.8 Å². The van der Waals surface area contributed by atoms with Gasteiger partial charge in [0.1, 0.15) is 5.75 Å². The number of hydrogen-bond acceptors (Lipinski definition) is 3. The van der Waals surface area contributed by atoms with Crippen molar-refractivity contribution >= 4 is 11.3 Å². The van der Waals surface area contributed by atoms with Crippen molar-refractivity contribution in [1.82, 2.24) is 0 Å². The Morgan fingerprint density at radius 2 is 1.95 bits per heavy atom. The summed E-state index contributed by atoms with van der Waals surface area (Å²) in [6.45, 7) is 6.18. The largest absolute Gasteiger partial charge is 0.496 e. The Balaban J connectivity index is 2.25. The molecule has 1 N–H and O–H groups in total. The maximum absolute atomic E-state index is 10.4. The van der Waals surface area contributed by atoms with Gasteiger partial charge in [0.2, 0.25) is 0 Å². The van der Waals surface area contributed by atoms with Crippen LogP contribution in [0.15, 0.2) is 24.3 Å². The first-order valence-electron chi connectivity index (χ1n) is 6.39. The van der Waals surface area contributed by atoms with Crippen molar-refractivity contribution in [2.45, 2.75) is 33.3 Å². The van der Waals surface area contributed by atoms with E-state index in [0.29, 0.717) is 6.42 Å². The van der Waals surface area contributed by atoms with E-state index in [1.54, 1.807) is 18.4 Å². The Bertz CT molecular complexity index is 572. The second-order valence-corrected chi connectivity index (χ2v) is 6.36. The first kappa shape index (κ1) is 14.1. The zero-order valence-corrected chi connectivity index (χ0v) is 12.7. The highest BCUT2D eigenvalue weighted by Gasteiger charge is 2.16. The number of benzene rings is 1. The number of aryl methyl sites for hydroxylation is 3. The molecule has 19 heavy (non-hydrogen) atoms. The molecule has 102 valence electrons. The topological polar surface area (TPSA) is 29.5 Å². The molecule has 2 aromatic rings. The zero-order valence-electron chi connectivity index (χ0n) is 11.9.